The molecule has 36 heavy (non-hydrogen) atoms. The number of H-pyrrole nitrogens is 2. The van der Waals surface area contributed by atoms with Gasteiger partial charge in [-0.05, 0) is 62.4 Å². The molecule has 4 bridgehead atoms. The van der Waals surface area contributed by atoms with Crippen LogP contribution in [0.3, 0.4) is 0 Å². The molecule has 2 N–H and O–H groups in total. The number of nitrogens with one attached hydrogen (secondary N) is 2. The van der Waals surface area contributed by atoms with E-state index in [1.165, 1.54) is 0 Å². The molecule has 9 heteroatoms. The number of rotatable bonds is 3. The number of benzene rings is 2. The lowest BCUT2D eigenvalue weighted by molar-refractivity contribution is 0.0285. The SMILES string of the molecule is COC1CCCN(Cc2cc3c4nc(c(=O)[nH]c4c2)-c2cccc4c(=O)n([nH]c24)CCCCCO3)C1. The van der Waals surface area contributed by atoms with Gasteiger partial charge in [-0.1, -0.05) is 12.1 Å². The quantitative estimate of drug-likeness (QED) is 0.457. The first kappa shape index (κ1) is 23.0. The van der Waals surface area contributed by atoms with Crippen LogP contribution in [-0.2, 0) is 17.8 Å². The second-order valence-electron chi connectivity index (χ2n) is 9.85. The van der Waals surface area contributed by atoms with Crippen LogP contribution in [0.5, 0.6) is 5.75 Å². The van der Waals surface area contributed by atoms with Crippen molar-refractivity contribution in [3.63, 3.8) is 0 Å². The first-order valence-electron chi connectivity index (χ1n) is 12.8. The Kier molecular flexibility index (Phi) is 6.10. The summed E-state index contributed by atoms with van der Waals surface area (Å²) in [6, 6.07) is 9.47. The number of fused-ring (bicyclic) bond motifs is 3. The van der Waals surface area contributed by atoms with E-state index < -0.39 is 0 Å². The Hall–Kier alpha value is -3.43. The molecule has 0 radical (unpaired) electrons. The van der Waals surface area contributed by atoms with Gasteiger partial charge in [0.2, 0.25) is 0 Å². The molecule has 4 aromatic rings. The van der Waals surface area contributed by atoms with Gasteiger partial charge in [0, 0.05) is 32.3 Å². The highest BCUT2D eigenvalue weighted by atomic mass is 16.5. The van der Waals surface area contributed by atoms with Crippen LogP contribution >= 0.6 is 0 Å². The van der Waals surface area contributed by atoms with E-state index in [4.69, 9.17) is 14.5 Å². The molecule has 0 amide bonds. The fourth-order valence-electron chi connectivity index (χ4n) is 5.48. The number of methoxy groups -OCH3 is 1. The molecule has 4 heterocycles. The molecule has 2 aromatic heterocycles. The number of para-hydroxylation sites is 1. The Bertz CT molecular complexity index is 1540. The van der Waals surface area contributed by atoms with Gasteiger partial charge in [0.15, 0.2) is 0 Å². The van der Waals surface area contributed by atoms with Crippen molar-refractivity contribution in [1.29, 1.82) is 0 Å². The minimum Gasteiger partial charge on any atom is -0.491 e. The zero-order chi connectivity index (χ0) is 24.6. The van der Waals surface area contributed by atoms with Gasteiger partial charge < -0.3 is 14.5 Å². The molecule has 2 aromatic carbocycles. The van der Waals surface area contributed by atoms with E-state index in [-0.39, 0.29) is 22.9 Å². The predicted octanol–water partition coefficient (Wildman–Crippen LogP) is 3.41. The van der Waals surface area contributed by atoms with Gasteiger partial charge in [-0.25, -0.2) is 4.98 Å². The molecule has 1 fully saturated rings. The van der Waals surface area contributed by atoms with Crippen LogP contribution in [0.2, 0.25) is 0 Å². The molecule has 188 valence electrons. The highest BCUT2D eigenvalue weighted by Gasteiger charge is 2.21. The topological polar surface area (TPSA) is 105 Å². The van der Waals surface area contributed by atoms with Gasteiger partial charge in [0.25, 0.3) is 11.1 Å². The third-order valence-electron chi connectivity index (χ3n) is 7.35. The number of aromatic nitrogens is 4. The summed E-state index contributed by atoms with van der Waals surface area (Å²) in [5, 5.41) is 3.79. The minimum atomic E-state index is -0.295. The summed E-state index contributed by atoms with van der Waals surface area (Å²) in [6.07, 6.45) is 5.10. The summed E-state index contributed by atoms with van der Waals surface area (Å²) in [4.78, 5) is 36.4. The molecule has 2 aliphatic rings. The molecule has 0 aliphatic carbocycles. The molecule has 1 unspecified atom stereocenters. The Morgan fingerprint density at radius 3 is 2.94 bits per heavy atom. The number of nitrogens with zero attached hydrogens (tertiary/aromatic N) is 3. The van der Waals surface area contributed by atoms with Crippen LogP contribution in [0.15, 0.2) is 39.9 Å². The maximum atomic E-state index is 13.3. The lowest BCUT2D eigenvalue weighted by atomic mass is 10.1. The highest BCUT2D eigenvalue weighted by molar-refractivity contribution is 5.93. The van der Waals surface area contributed by atoms with Crippen molar-refractivity contribution >= 4 is 21.9 Å². The van der Waals surface area contributed by atoms with Crippen molar-refractivity contribution < 1.29 is 9.47 Å². The van der Waals surface area contributed by atoms with Gasteiger partial charge in [0.05, 0.1) is 29.1 Å². The Morgan fingerprint density at radius 1 is 1.14 bits per heavy atom. The monoisotopic (exact) mass is 489 g/mol. The first-order valence-corrected chi connectivity index (χ1v) is 12.8. The molecule has 1 saturated heterocycles. The van der Waals surface area contributed by atoms with Crippen molar-refractivity contribution in [2.24, 2.45) is 0 Å². The Balaban J connectivity index is 1.47. The summed E-state index contributed by atoms with van der Waals surface area (Å²) >= 11 is 0. The van der Waals surface area contributed by atoms with Gasteiger partial charge >= 0.3 is 0 Å². The normalized spacial score (nSPS) is 19.1. The third-order valence-corrected chi connectivity index (χ3v) is 7.35. The van der Waals surface area contributed by atoms with Crippen molar-refractivity contribution in [3.05, 3.63) is 56.6 Å². The van der Waals surface area contributed by atoms with Crippen LogP contribution in [-0.4, -0.2) is 57.6 Å². The van der Waals surface area contributed by atoms with Crippen LogP contribution in [0.1, 0.15) is 37.7 Å². The van der Waals surface area contributed by atoms with E-state index >= 15 is 0 Å². The largest absolute Gasteiger partial charge is 0.491 e. The average molecular weight is 490 g/mol. The molecule has 0 spiro atoms. The molecular formula is C27H31N5O4. The fourth-order valence-corrected chi connectivity index (χ4v) is 5.48. The van der Waals surface area contributed by atoms with Gasteiger partial charge in [0.1, 0.15) is 17.0 Å². The van der Waals surface area contributed by atoms with Crippen molar-refractivity contribution in [1.82, 2.24) is 24.6 Å². The number of hydrogen-bond donors (Lipinski definition) is 2. The standard InChI is InChI=1S/C27H31N5O4/c1-35-18-7-6-10-31(16-18)15-17-13-21-25-22(14-17)36-12-4-2-3-11-32-27(34)20-9-5-8-19(23(20)30-32)24(29-25)26(33)28-21/h5,8-9,13-14,18,30H,2-4,6-7,10-12,15-16H2,1H3,(H,28,33). The Morgan fingerprint density at radius 2 is 2.06 bits per heavy atom. The number of piperidine rings is 1. The van der Waals surface area contributed by atoms with Crippen molar-refractivity contribution in [2.45, 2.75) is 51.3 Å². The number of aryl methyl sites for hydroxylation is 1. The number of hydrogen-bond acceptors (Lipinski definition) is 6. The van der Waals surface area contributed by atoms with Crippen LogP contribution in [0.4, 0.5) is 0 Å². The molecule has 2 aliphatic heterocycles. The van der Waals surface area contributed by atoms with Gasteiger partial charge in [-0.3, -0.25) is 24.3 Å². The number of likely N-dealkylation sites (tertiary alicyclic amines) is 1. The summed E-state index contributed by atoms with van der Waals surface area (Å²) in [6.45, 7) is 3.80. The van der Waals surface area contributed by atoms with Gasteiger partial charge in [-0.15, -0.1) is 0 Å². The summed E-state index contributed by atoms with van der Waals surface area (Å²) in [5.41, 5.74) is 3.50. The van der Waals surface area contributed by atoms with E-state index in [0.717, 1.165) is 57.3 Å². The minimum absolute atomic E-state index is 0.0751. The second kappa shape index (κ2) is 9.55. The molecule has 9 nitrogen and oxygen atoms in total. The van der Waals surface area contributed by atoms with Gasteiger partial charge in [-0.2, -0.15) is 0 Å². The molecule has 6 rings (SSSR count). The number of aromatic amines is 2. The lowest BCUT2D eigenvalue weighted by Crippen LogP contribution is -2.38. The van der Waals surface area contributed by atoms with Crippen LogP contribution in [0.25, 0.3) is 33.2 Å². The smallest absolute Gasteiger partial charge is 0.275 e. The van der Waals surface area contributed by atoms with Crippen molar-refractivity contribution in [2.75, 3.05) is 26.8 Å². The van der Waals surface area contributed by atoms with E-state index in [1.807, 2.05) is 12.1 Å². The maximum Gasteiger partial charge on any atom is 0.275 e. The fraction of sp³-hybridized carbons (Fsp3) is 0.444. The summed E-state index contributed by atoms with van der Waals surface area (Å²) in [7, 11) is 1.77. The van der Waals surface area contributed by atoms with E-state index in [0.29, 0.717) is 46.4 Å². The van der Waals surface area contributed by atoms with E-state index in [2.05, 4.69) is 21.0 Å². The lowest BCUT2D eigenvalue weighted by Gasteiger charge is -2.32. The first-order chi connectivity index (χ1) is 17.6. The predicted molar refractivity (Wildman–Crippen MR) is 139 cm³/mol. The van der Waals surface area contributed by atoms with Crippen LogP contribution in [0, 0.1) is 0 Å². The summed E-state index contributed by atoms with van der Waals surface area (Å²) < 4.78 is 13.5. The molecule has 1 atom stereocenters. The highest BCUT2D eigenvalue weighted by Crippen LogP contribution is 2.30. The zero-order valence-corrected chi connectivity index (χ0v) is 20.5. The molecule has 0 saturated carbocycles. The zero-order valence-electron chi connectivity index (χ0n) is 20.5. The Labute approximate surface area is 208 Å². The maximum absolute atomic E-state index is 13.3. The average Bonchev–Trinajstić information content (AvgIpc) is 3.21. The van der Waals surface area contributed by atoms with E-state index in [1.54, 1.807) is 23.9 Å². The van der Waals surface area contributed by atoms with Crippen LogP contribution < -0.4 is 15.9 Å². The van der Waals surface area contributed by atoms with E-state index in [9.17, 15) is 9.59 Å². The number of ether oxygens (including phenoxy) is 2. The molecular weight excluding hydrogens is 458 g/mol. The third kappa shape index (κ3) is 4.22. The second-order valence-corrected chi connectivity index (χ2v) is 9.85. The van der Waals surface area contributed by atoms with Crippen molar-refractivity contribution in [3.8, 4) is 17.0 Å². The summed E-state index contributed by atoms with van der Waals surface area (Å²) in [5.74, 6) is 0.676.